The van der Waals surface area contributed by atoms with E-state index in [9.17, 15) is 4.79 Å². The van der Waals surface area contributed by atoms with Crippen molar-refractivity contribution in [2.24, 2.45) is 0 Å². The second-order valence-corrected chi connectivity index (χ2v) is 4.45. The van der Waals surface area contributed by atoms with E-state index in [0.717, 1.165) is 25.7 Å². The minimum atomic E-state index is -0.242. The number of carbonyl (C=O) groups is 1. The zero-order valence-electron chi connectivity index (χ0n) is 11.1. The summed E-state index contributed by atoms with van der Waals surface area (Å²) in [5, 5.41) is 0. The maximum atomic E-state index is 11.4. The fourth-order valence-electron chi connectivity index (χ4n) is 1.63. The van der Waals surface area contributed by atoms with Crippen LogP contribution in [0, 0.1) is 0 Å². The van der Waals surface area contributed by atoms with Crippen molar-refractivity contribution >= 4 is 5.97 Å². The molecule has 0 aromatic rings. The third kappa shape index (κ3) is 7.49. The molecular weight excluding hydrogens is 200 g/mol. The quantitative estimate of drug-likeness (QED) is 0.334. The van der Waals surface area contributed by atoms with Crippen LogP contribution < -0.4 is 0 Å². The highest BCUT2D eigenvalue weighted by atomic mass is 16.5. The summed E-state index contributed by atoms with van der Waals surface area (Å²) < 4.78 is 5.39. The van der Waals surface area contributed by atoms with Gasteiger partial charge < -0.3 is 4.74 Å². The highest BCUT2D eigenvalue weighted by Crippen LogP contribution is 2.14. The summed E-state index contributed by atoms with van der Waals surface area (Å²) in [6.45, 7) is 9.62. The van der Waals surface area contributed by atoms with Gasteiger partial charge in [-0.15, -0.1) is 0 Å². The number of esters is 1. The number of hydrogen-bond donors (Lipinski definition) is 0. The van der Waals surface area contributed by atoms with Crippen LogP contribution in [-0.2, 0) is 9.53 Å². The fraction of sp³-hybridized carbons (Fsp3) is 0.786. The number of unbranched alkanes of at least 4 members (excludes halogenated alkanes) is 3. The Bertz CT molecular complexity index is 209. The molecule has 1 atom stereocenters. The molecule has 2 heteroatoms. The van der Waals surface area contributed by atoms with E-state index in [0.29, 0.717) is 5.57 Å². The van der Waals surface area contributed by atoms with Crippen LogP contribution in [0.2, 0.25) is 0 Å². The predicted molar refractivity (Wildman–Crippen MR) is 68.4 cm³/mol. The lowest BCUT2D eigenvalue weighted by Crippen LogP contribution is -2.18. The Morgan fingerprint density at radius 2 is 1.81 bits per heavy atom. The molecule has 0 saturated carbocycles. The van der Waals surface area contributed by atoms with E-state index in [2.05, 4.69) is 20.4 Å². The SMILES string of the molecule is C=C(C)C(=O)OC(CCC)CCCCCC. The summed E-state index contributed by atoms with van der Waals surface area (Å²) in [4.78, 5) is 11.4. The Hall–Kier alpha value is -0.790. The van der Waals surface area contributed by atoms with Gasteiger partial charge in [0.05, 0.1) is 0 Å². The average molecular weight is 226 g/mol. The molecule has 0 amide bonds. The first-order chi connectivity index (χ1) is 7.61. The smallest absolute Gasteiger partial charge is 0.333 e. The van der Waals surface area contributed by atoms with Crippen LogP contribution >= 0.6 is 0 Å². The van der Waals surface area contributed by atoms with Crippen LogP contribution in [0.1, 0.15) is 65.7 Å². The topological polar surface area (TPSA) is 26.3 Å². The molecular formula is C14H26O2. The van der Waals surface area contributed by atoms with Gasteiger partial charge in [0.15, 0.2) is 0 Å². The Balaban J connectivity index is 3.87. The molecule has 0 rings (SSSR count). The zero-order valence-corrected chi connectivity index (χ0v) is 11.1. The highest BCUT2D eigenvalue weighted by Gasteiger charge is 2.13. The minimum Gasteiger partial charge on any atom is -0.459 e. The molecule has 0 aliphatic heterocycles. The maximum absolute atomic E-state index is 11.4. The van der Waals surface area contributed by atoms with E-state index in [1.165, 1.54) is 19.3 Å². The van der Waals surface area contributed by atoms with E-state index in [4.69, 9.17) is 4.74 Å². The van der Waals surface area contributed by atoms with Crippen LogP contribution in [0.4, 0.5) is 0 Å². The molecule has 0 aliphatic rings. The van der Waals surface area contributed by atoms with Crippen molar-refractivity contribution in [2.45, 2.75) is 71.8 Å². The van der Waals surface area contributed by atoms with Crippen LogP contribution in [0.15, 0.2) is 12.2 Å². The number of hydrogen-bond acceptors (Lipinski definition) is 2. The largest absolute Gasteiger partial charge is 0.459 e. The van der Waals surface area contributed by atoms with Gasteiger partial charge in [0.2, 0.25) is 0 Å². The Morgan fingerprint density at radius 3 is 2.31 bits per heavy atom. The molecule has 1 unspecified atom stereocenters. The van der Waals surface area contributed by atoms with E-state index in [1.807, 2.05) is 0 Å². The van der Waals surface area contributed by atoms with Crippen LogP contribution in [0.25, 0.3) is 0 Å². The van der Waals surface area contributed by atoms with Gasteiger partial charge in [-0.2, -0.15) is 0 Å². The van der Waals surface area contributed by atoms with E-state index < -0.39 is 0 Å². The molecule has 0 N–H and O–H groups in total. The lowest BCUT2D eigenvalue weighted by atomic mass is 10.1. The van der Waals surface area contributed by atoms with Gasteiger partial charge in [-0.25, -0.2) is 4.79 Å². The first kappa shape index (κ1) is 15.2. The molecule has 0 spiro atoms. The normalized spacial score (nSPS) is 12.2. The van der Waals surface area contributed by atoms with Gasteiger partial charge in [0.1, 0.15) is 6.10 Å². The number of rotatable bonds is 9. The molecule has 0 aromatic heterocycles. The molecule has 16 heavy (non-hydrogen) atoms. The monoisotopic (exact) mass is 226 g/mol. The predicted octanol–water partition coefficient (Wildman–Crippen LogP) is 4.24. The maximum Gasteiger partial charge on any atom is 0.333 e. The molecule has 0 saturated heterocycles. The van der Waals surface area contributed by atoms with Crippen molar-refractivity contribution in [1.82, 2.24) is 0 Å². The first-order valence-corrected chi connectivity index (χ1v) is 6.48. The molecule has 0 radical (unpaired) electrons. The number of carbonyl (C=O) groups excluding carboxylic acids is 1. The van der Waals surface area contributed by atoms with Crippen LogP contribution in [0.5, 0.6) is 0 Å². The van der Waals surface area contributed by atoms with E-state index in [1.54, 1.807) is 6.92 Å². The molecule has 0 heterocycles. The summed E-state index contributed by atoms with van der Waals surface area (Å²) in [5.41, 5.74) is 0.495. The molecule has 0 bridgehead atoms. The third-order valence-electron chi connectivity index (χ3n) is 2.61. The summed E-state index contributed by atoms with van der Waals surface area (Å²) in [7, 11) is 0. The molecule has 94 valence electrons. The van der Waals surface area contributed by atoms with Crippen molar-refractivity contribution in [2.75, 3.05) is 0 Å². The third-order valence-corrected chi connectivity index (χ3v) is 2.61. The van der Waals surface area contributed by atoms with Gasteiger partial charge >= 0.3 is 5.97 Å². The van der Waals surface area contributed by atoms with Gasteiger partial charge in [0.25, 0.3) is 0 Å². The van der Waals surface area contributed by atoms with Crippen molar-refractivity contribution in [3.63, 3.8) is 0 Å². The van der Waals surface area contributed by atoms with Crippen molar-refractivity contribution in [1.29, 1.82) is 0 Å². The van der Waals surface area contributed by atoms with Gasteiger partial charge in [-0.3, -0.25) is 0 Å². The lowest BCUT2D eigenvalue weighted by molar-refractivity contribution is -0.144. The van der Waals surface area contributed by atoms with Crippen molar-refractivity contribution < 1.29 is 9.53 Å². The second-order valence-electron chi connectivity index (χ2n) is 4.45. The van der Waals surface area contributed by atoms with Gasteiger partial charge in [0, 0.05) is 5.57 Å². The minimum absolute atomic E-state index is 0.0889. The average Bonchev–Trinajstić information content (AvgIpc) is 2.24. The summed E-state index contributed by atoms with van der Waals surface area (Å²) >= 11 is 0. The first-order valence-electron chi connectivity index (χ1n) is 6.48. The van der Waals surface area contributed by atoms with Gasteiger partial charge in [-0.1, -0.05) is 46.1 Å². The molecule has 0 aromatic carbocycles. The van der Waals surface area contributed by atoms with Gasteiger partial charge in [-0.05, 0) is 26.2 Å². The summed E-state index contributed by atoms with van der Waals surface area (Å²) in [6.07, 6.45) is 8.01. The van der Waals surface area contributed by atoms with E-state index >= 15 is 0 Å². The highest BCUT2D eigenvalue weighted by molar-refractivity contribution is 5.87. The molecule has 2 nitrogen and oxygen atoms in total. The summed E-state index contributed by atoms with van der Waals surface area (Å²) in [5.74, 6) is -0.242. The summed E-state index contributed by atoms with van der Waals surface area (Å²) in [6, 6.07) is 0. The van der Waals surface area contributed by atoms with Crippen molar-refractivity contribution in [3.05, 3.63) is 12.2 Å². The molecule has 0 aliphatic carbocycles. The van der Waals surface area contributed by atoms with Crippen molar-refractivity contribution in [3.8, 4) is 0 Å². The lowest BCUT2D eigenvalue weighted by Gasteiger charge is -2.17. The zero-order chi connectivity index (χ0) is 12.4. The standard InChI is InChI=1S/C14H26O2/c1-5-7-8-9-11-13(10-6-2)16-14(15)12(3)4/h13H,3,5-11H2,1-2,4H3. The number of ether oxygens (including phenoxy) is 1. The Morgan fingerprint density at radius 1 is 1.12 bits per heavy atom. The Kier molecular flexibility index (Phi) is 8.97. The van der Waals surface area contributed by atoms with Crippen LogP contribution in [0.3, 0.4) is 0 Å². The van der Waals surface area contributed by atoms with E-state index in [-0.39, 0.29) is 12.1 Å². The Labute approximate surface area is 100 Å². The fourth-order valence-corrected chi connectivity index (χ4v) is 1.63. The second kappa shape index (κ2) is 9.44. The molecule has 0 fully saturated rings. The van der Waals surface area contributed by atoms with Crippen LogP contribution in [-0.4, -0.2) is 12.1 Å².